The molecule has 1 atom stereocenters. The van der Waals surface area contributed by atoms with Crippen molar-refractivity contribution in [3.63, 3.8) is 0 Å². The average molecular weight is 446 g/mol. The smallest absolute Gasteiger partial charge is 0.416 e. The molecule has 2 rings (SSSR count). The van der Waals surface area contributed by atoms with E-state index in [1.54, 1.807) is 30.2 Å². The fourth-order valence-corrected chi connectivity index (χ4v) is 3.83. The topological polar surface area (TPSA) is 72.0 Å². The first-order valence-electron chi connectivity index (χ1n) is 11.7. The lowest BCUT2D eigenvalue weighted by Gasteiger charge is -2.31. The van der Waals surface area contributed by atoms with Crippen LogP contribution in [0.15, 0.2) is 24.4 Å². The van der Waals surface area contributed by atoms with Crippen LogP contribution in [0.3, 0.4) is 0 Å². The van der Waals surface area contributed by atoms with Gasteiger partial charge in [0.25, 0.3) is 0 Å². The normalized spacial score (nSPS) is 17.2. The van der Waals surface area contributed by atoms with E-state index in [4.69, 9.17) is 9.47 Å². The zero-order valence-corrected chi connectivity index (χ0v) is 20.5. The molecule has 2 heterocycles. The molecule has 0 unspecified atom stereocenters. The number of carbonyl (C=O) groups excluding carboxylic acids is 2. The van der Waals surface area contributed by atoms with Crippen molar-refractivity contribution in [2.75, 3.05) is 31.1 Å². The SMILES string of the molecule is CCOC(=O)C=Cc1ccc(N(C(=O)OC(C)(C)C)[C@@H]2CCN(CC(CC)CC)C2)nc1. The molecular weight excluding hydrogens is 406 g/mol. The number of pyridine rings is 1. The van der Waals surface area contributed by atoms with Gasteiger partial charge in [-0.15, -0.1) is 0 Å². The highest BCUT2D eigenvalue weighted by Crippen LogP contribution is 2.26. The predicted octanol–water partition coefficient (Wildman–Crippen LogP) is 4.91. The molecule has 1 fully saturated rings. The molecule has 1 aliphatic rings. The molecule has 0 aromatic carbocycles. The van der Waals surface area contributed by atoms with Gasteiger partial charge in [0, 0.05) is 31.9 Å². The number of nitrogens with zero attached hydrogens (tertiary/aromatic N) is 3. The number of amides is 1. The van der Waals surface area contributed by atoms with Crippen molar-refractivity contribution in [1.29, 1.82) is 0 Å². The van der Waals surface area contributed by atoms with Crippen molar-refractivity contribution in [2.24, 2.45) is 5.92 Å². The van der Waals surface area contributed by atoms with Gasteiger partial charge < -0.3 is 14.4 Å². The summed E-state index contributed by atoms with van der Waals surface area (Å²) in [6.45, 7) is 15.0. The fraction of sp³-hybridized carbons (Fsp3) is 0.640. The van der Waals surface area contributed by atoms with Crippen LogP contribution in [0.4, 0.5) is 10.6 Å². The summed E-state index contributed by atoms with van der Waals surface area (Å²) >= 11 is 0. The minimum Gasteiger partial charge on any atom is -0.463 e. The molecular formula is C25H39N3O4. The number of esters is 1. The molecule has 0 bridgehead atoms. The average Bonchev–Trinajstić information content (AvgIpc) is 3.18. The molecule has 7 heteroatoms. The second-order valence-corrected chi connectivity index (χ2v) is 9.27. The van der Waals surface area contributed by atoms with Crippen molar-refractivity contribution in [3.8, 4) is 0 Å². The lowest BCUT2D eigenvalue weighted by molar-refractivity contribution is -0.137. The molecule has 32 heavy (non-hydrogen) atoms. The summed E-state index contributed by atoms with van der Waals surface area (Å²) in [4.78, 5) is 33.3. The maximum absolute atomic E-state index is 13.1. The summed E-state index contributed by atoms with van der Waals surface area (Å²) in [7, 11) is 0. The van der Waals surface area contributed by atoms with Crippen molar-refractivity contribution in [1.82, 2.24) is 9.88 Å². The van der Waals surface area contributed by atoms with Crippen LogP contribution in [-0.4, -0.2) is 59.8 Å². The molecule has 1 aliphatic heterocycles. The number of anilines is 1. The summed E-state index contributed by atoms with van der Waals surface area (Å²) < 4.78 is 10.6. The van der Waals surface area contributed by atoms with Crippen LogP contribution >= 0.6 is 0 Å². The number of likely N-dealkylation sites (tertiary alicyclic amines) is 1. The third-order valence-corrected chi connectivity index (χ3v) is 5.59. The molecule has 0 radical (unpaired) electrons. The molecule has 178 valence electrons. The first kappa shape index (κ1) is 25.8. The Balaban J connectivity index is 2.19. The standard InChI is InChI=1S/C25H39N3O4/c1-7-19(8-2)17-27-15-14-21(18-27)28(24(30)32-25(4,5)6)22-12-10-20(16-26-22)11-13-23(29)31-9-3/h10-13,16,19,21H,7-9,14-15,17-18H2,1-6H3/t21-/m1/s1. The maximum atomic E-state index is 13.1. The zero-order chi connectivity index (χ0) is 23.7. The largest absolute Gasteiger partial charge is 0.463 e. The minimum atomic E-state index is -0.592. The van der Waals surface area contributed by atoms with Crippen LogP contribution in [-0.2, 0) is 14.3 Å². The summed E-state index contributed by atoms with van der Waals surface area (Å²) in [5, 5.41) is 0. The lowest BCUT2D eigenvalue weighted by Crippen LogP contribution is -2.45. The minimum absolute atomic E-state index is 0.00707. The lowest BCUT2D eigenvalue weighted by atomic mass is 10.0. The van der Waals surface area contributed by atoms with E-state index in [0.717, 1.165) is 44.5 Å². The second kappa shape index (κ2) is 12.0. The van der Waals surface area contributed by atoms with E-state index in [9.17, 15) is 9.59 Å². The Morgan fingerprint density at radius 1 is 1.25 bits per heavy atom. The Bertz CT molecular complexity index is 766. The summed E-state index contributed by atoms with van der Waals surface area (Å²) in [6.07, 6.45) is 7.50. The van der Waals surface area contributed by atoms with Gasteiger partial charge in [-0.3, -0.25) is 4.90 Å². The highest BCUT2D eigenvalue weighted by molar-refractivity contribution is 5.88. The highest BCUT2D eigenvalue weighted by Gasteiger charge is 2.35. The van der Waals surface area contributed by atoms with E-state index in [1.165, 1.54) is 6.08 Å². The van der Waals surface area contributed by atoms with Crippen LogP contribution in [0.25, 0.3) is 6.08 Å². The third-order valence-electron chi connectivity index (χ3n) is 5.59. The van der Waals surface area contributed by atoms with Gasteiger partial charge >= 0.3 is 12.1 Å². The van der Waals surface area contributed by atoms with Crippen molar-refractivity contribution >= 4 is 24.0 Å². The molecule has 1 amide bonds. The van der Waals surface area contributed by atoms with E-state index in [0.29, 0.717) is 18.3 Å². The Morgan fingerprint density at radius 2 is 1.97 bits per heavy atom. The van der Waals surface area contributed by atoms with Crippen LogP contribution < -0.4 is 4.90 Å². The molecule has 0 spiro atoms. The first-order chi connectivity index (χ1) is 15.2. The number of ether oxygens (including phenoxy) is 2. The molecule has 0 N–H and O–H groups in total. The number of aromatic nitrogens is 1. The van der Waals surface area contributed by atoms with Gasteiger partial charge in [-0.05, 0) is 63.8 Å². The third kappa shape index (κ3) is 7.93. The molecule has 0 aliphatic carbocycles. The van der Waals surface area contributed by atoms with Gasteiger partial charge in [-0.2, -0.15) is 0 Å². The zero-order valence-electron chi connectivity index (χ0n) is 20.5. The van der Waals surface area contributed by atoms with Gasteiger partial charge in [-0.1, -0.05) is 26.7 Å². The number of hydrogen-bond donors (Lipinski definition) is 0. The van der Waals surface area contributed by atoms with Gasteiger partial charge in [0.05, 0.1) is 12.6 Å². The number of carbonyl (C=O) groups is 2. The van der Waals surface area contributed by atoms with Crippen LogP contribution in [0.1, 0.15) is 66.4 Å². The van der Waals surface area contributed by atoms with Crippen molar-refractivity contribution in [2.45, 2.75) is 72.4 Å². The van der Waals surface area contributed by atoms with Gasteiger partial charge in [-0.25, -0.2) is 14.6 Å². The number of hydrogen-bond acceptors (Lipinski definition) is 6. The van der Waals surface area contributed by atoms with Gasteiger partial charge in [0.1, 0.15) is 11.4 Å². The quantitative estimate of drug-likeness (QED) is 0.397. The van der Waals surface area contributed by atoms with E-state index in [1.807, 2.05) is 26.8 Å². The Hall–Kier alpha value is -2.41. The summed E-state index contributed by atoms with van der Waals surface area (Å²) in [5.74, 6) is 0.838. The van der Waals surface area contributed by atoms with E-state index in [2.05, 4.69) is 23.7 Å². The molecule has 0 saturated carbocycles. The Labute approximate surface area is 192 Å². The van der Waals surface area contributed by atoms with E-state index >= 15 is 0 Å². The van der Waals surface area contributed by atoms with Crippen LogP contribution in [0.5, 0.6) is 0 Å². The summed E-state index contributed by atoms with van der Waals surface area (Å²) in [6, 6.07) is 3.65. The Kier molecular flexibility index (Phi) is 9.69. The van der Waals surface area contributed by atoms with E-state index in [-0.39, 0.29) is 12.1 Å². The van der Waals surface area contributed by atoms with Crippen molar-refractivity contribution in [3.05, 3.63) is 30.0 Å². The maximum Gasteiger partial charge on any atom is 0.416 e. The highest BCUT2D eigenvalue weighted by atomic mass is 16.6. The molecule has 1 aromatic heterocycles. The monoisotopic (exact) mass is 445 g/mol. The first-order valence-corrected chi connectivity index (χ1v) is 11.7. The van der Waals surface area contributed by atoms with E-state index < -0.39 is 11.6 Å². The Morgan fingerprint density at radius 3 is 2.53 bits per heavy atom. The molecule has 1 saturated heterocycles. The molecule has 7 nitrogen and oxygen atoms in total. The van der Waals surface area contributed by atoms with Gasteiger partial charge in [0.15, 0.2) is 0 Å². The predicted molar refractivity (Wildman–Crippen MR) is 128 cm³/mol. The molecule has 1 aromatic rings. The summed E-state index contributed by atoms with van der Waals surface area (Å²) in [5.41, 5.74) is 0.165. The van der Waals surface area contributed by atoms with Crippen LogP contribution in [0, 0.1) is 5.92 Å². The second-order valence-electron chi connectivity index (χ2n) is 9.27. The van der Waals surface area contributed by atoms with Gasteiger partial charge in [0.2, 0.25) is 0 Å². The number of rotatable bonds is 9. The van der Waals surface area contributed by atoms with Crippen molar-refractivity contribution < 1.29 is 19.1 Å². The fourth-order valence-electron chi connectivity index (χ4n) is 3.83. The van der Waals surface area contributed by atoms with Crippen LogP contribution in [0.2, 0.25) is 0 Å².